The highest BCUT2D eigenvalue weighted by atomic mass is 16.5. The van der Waals surface area contributed by atoms with Crippen molar-refractivity contribution < 1.29 is 23.5 Å². The number of hydrogen-bond acceptors (Lipinski definition) is 6. The number of nitrogens with zero attached hydrogens (tertiary/aromatic N) is 2. The molecule has 1 aromatic heterocycles. The van der Waals surface area contributed by atoms with E-state index in [1.54, 1.807) is 36.4 Å². The van der Waals surface area contributed by atoms with Gasteiger partial charge in [-0.1, -0.05) is 24.3 Å². The van der Waals surface area contributed by atoms with Crippen molar-refractivity contribution >= 4 is 24.0 Å². The van der Waals surface area contributed by atoms with Crippen LogP contribution in [0.1, 0.15) is 22.5 Å². The Morgan fingerprint density at radius 3 is 2.34 bits per heavy atom. The molecule has 1 saturated carbocycles. The van der Waals surface area contributed by atoms with E-state index in [4.69, 9.17) is 4.42 Å². The van der Waals surface area contributed by atoms with Gasteiger partial charge in [0.25, 0.3) is 11.8 Å². The van der Waals surface area contributed by atoms with Crippen LogP contribution in [0.25, 0.3) is 11.3 Å². The molecule has 2 bridgehead atoms. The average molecular weight is 390 g/mol. The Bertz CT molecular complexity index is 1040. The number of hydrogen-bond donors (Lipinski definition) is 0. The van der Waals surface area contributed by atoms with E-state index in [1.807, 2.05) is 0 Å². The van der Waals surface area contributed by atoms with Gasteiger partial charge in [-0.05, 0) is 42.5 Å². The average Bonchev–Trinajstić information content (AvgIpc) is 3.51. The first-order valence-corrected chi connectivity index (χ1v) is 9.45. The van der Waals surface area contributed by atoms with Gasteiger partial charge in [0.15, 0.2) is 0 Å². The molecule has 2 aliphatic carbocycles. The first-order valence-electron chi connectivity index (χ1n) is 9.45. The van der Waals surface area contributed by atoms with E-state index in [-0.39, 0.29) is 35.5 Å². The molecule has 7 nitrogen and oxygen atoms in total. The number of fused-ring (bicyclic) bond motifs is 5. The Labute approximate surface area is 166 Å². The second-order valence-electron chi connectivity index (χ2n) is 7.50. The first kappa shape index (κ1) is 17.6. The van der Waals surface area contributed by atoms with Crippen molar-refractivity contribution in [3.63, 3.8) is 0 Å². The molecule has 5 rings (SSSR count). The summed E-state index contributed by atoms with van der Waals surface area (Å²) < 4.78 is 10.4. The normalized spacial score (nSPS) is 27.3. The highest BCUT2D eigenvalue weighted by Crippen LogP contribution is 2.52. The van der Waals surface area contributed by atoms with Gasteiger partial charge in [0.1, 0.15) is 11.5 Å². The fourth-order valence-corrected chi connectivity index (χ4v) is 4.58. The number of carbonyl (C=O) groups excluding carboxylic acids is 3. The molecule has 2 aromatic rings. The molecule has 2 heterocycles. The van der Waals surface area contributed by atoms with Gasteiger partial charge in [0, 0.05) is 5.56 Å². The number of ether oxygens (including phenoxy) is 1. The van der Waals surface area contributed by atoms with E-state index in [0.717, 1.165) is 17.0 Å². The lowest BCUT2D eigenvalue weighted by atomic mass is 9.85. The zero-order valence-electron chi connectivity index (χ0n) is 15.6. The standard InChI is InChI=1S/C22H18N2O5/c1-28-22(27)13-4-2-12(3-5-13)17-9-8-16(29-17)11-23-24-20(25)18-14-6-7-15(10-14)19(18)21(24)26/h2-9,11,14-15,18-19H,10H2,1H3/t14-,15-,18-,19+/m0/s1. The van der Waals surface area contributed by atoms with Gasteiger partial charge < -0.3 is 9.15 Å². The smallest absolute Gasteiger partial charge is 0.337 e. The number of furan rings is 1. The van der Waals surface area contributed by atoms with Crippen molar-refractivity contribution in [3.8, 4) is 11.3 Å². The van der Waals surface area contributed by atoms with Crippen LogP contribution in [0.3, 0.4) is 0 Å². The summed E-state index contributed by atoms with van der Waals surface area (Å²) in [5, 5.41) is 5.11. The first-order chi connectivity index (χ1) is 14.1. The molecule has 0 unspecified atom stereocenters. The third kappa shape index (κ3) is 2.73. The highest BCUT2D eigenvalue weighted by Gasteiger charge is 2.59. The third-order valence-corrected chi connectivity index (χ3v) is 5.96. The van der Waals surface area contributed by atoms with Crippen LogP contribution in [0.2, 0.25) is 0 Å². The molecule has 146 valence electrons. The van der Waals surface area contributed by atoms with Crippen LogP contribution < -0.4 is 0 Å². The molecular formula is C22H18N2O5. The maximum Gasteiger partial charge on any atom is 0.337 e. The van der Waals surface area contributed by atoms with Crippen LogP contribution in [-0.4, -0.2) is 36.1 Å². The van der Waals surface area contributed by atoms with Crippen LogP contribution in [0.4, 0.5) is 0 Å². The lowest BCUT2D eigenvalue weighted by molar-refractivity contribution is -0.140. The number of esters is 1. The molecule has 1 aliphatic heterocycles. The Balaban J connectivity index is 1.32. The molecule has 0 spiro atoms. The molecule has 0 N–H and O–H groups in total. The fraction of sp³-hybridized carbons (Fsp3) is 0.273. The molecule has 3 aliphatic rings. The number of imide groups is 1. The van der Waals surface area contributed by atoms with Crippen molar-refractivity contribution in [1.82, 2.24) is 5.01 Å². The second-order valence-corrected chi connectivity index (χ2v) is 7.50. The molecular weight excluding hydrogens is 372 g/mol. The quantitative estimate of drug-likeness (QED) is 0.347. The summed E-state index contributed by atoms with van der Waals surface area (Å²) in [4.78, 5) is 36.8. The molecule has 0 radical (unpaired) electrons. The Kier molecular flexibility index (Phi) is 3.97. The summed E-state index contributed by atoms with van der Waals surface area (Å²) in [7, 11) is 1.33. The number of rotatable bonds is 4. The van der Waals surface area contributed by atoms with Crippen molar-refractivity contribution in [2.45, 2.75) is 6.42 Å². The molecule has 1 aromatic carbocycles. The van der Waals surface area contributed by atoms with E-state index < -0.39 is 5.97 Å². The summed E-state index contributed by atoms with van der Waals surface area (Å²) in [6, 6.07) is 10.3. The highest BCUT2D eigenvalue weighted by molar-refractivity contribution is 6.06. The van der Waals surface area contributed by atoms with Crippen LogP contribution in [0, 0.1) is 23.7 Å². The van der Waals surface area contributed by atoms with Crippen LogP contribution in [0.5, 0.6) is 0 Å². The summed E-state index contributed by atoms with van der Waals surface area (Å²) in [5.74, 6) is -0.0643. The van der Waals surface area contributed by atoms with E-state index in [0.29, 0.717) is 17.1 Å². The van der Waals surface area contributed by atoms with Crippen LogP contribution >= 0.6 is 0 Å². The van der Waals surface area contributed by atoms with Crippen LogP contribution in [-0.2, 0) is 14.3 Å². The fourth-order valence-electron chi connectivity index (χ4n) is 4.58. The van der Waals surface area contributed by atoms with Crippen molar-refractivity contribution in [3.05, 3.63) is 59.9 Å². The number of hydrazone groups is 1. The summed E-state index contributed by atoms with van der Waals surface area (Å²) >= 11 is 0. The van der Waals surface area contributed by atoms with Crippen molar-refractivity contribution in [2.75, 3.05) is 7.11 Å². The van der Waals surface area contributed by atoms with Gasteiger partial charge in [0.2, 0.25) is 0 Å². The topological polar surface area (TPSA) is 89.2 Å². The zero-order valence-corrected chi connectivity index (χ0v) is 15.6. The van der Waals surface area contributed by atoms with E-state index in [9.17, 15) is 14.4 Å². The number of benzene rings is 1. The lowest BCUT2D eigenvalue weighted by Crippen LogP contribution is -2.28. The zero-order chi connectivity index (χ0) is 20.1. The van der Waals surface area contributed by atoms with E-state index in [2.05, 4.69) is 22.0 Å². The molecule has 29 heavy (non-hydrogen) atoms. The van der Waals surface area contributed by atoms with Crippen molar-refractivity contribution in [1.29, 1.82) is 0 Å². The van der Waals surface area contributed by atoms with Crippen LogP contribution in [0.15, 0.2) is 58.1 Å². The SMILES string of the molecule is COC(=O)c1ccc(-c2ccc(C=NN3C(=O)[C@@H]4[C@H](C3=O)[C@H]3C=C[C@H]4C3)o2)cc1. The summed E-state index contributed by atoms with van der Waals surface area (Å²) in [6.45, 7) is 0. The van der Waals surface area contributed by atoms with E-state index >= 15 is 0 Å². The summed E-state index contributed by atoms with van der Waals surface area (Å²) in [5.41, 5.74) is 1.23. The Hall–Kier alpha value is -3.48. The van der Waals surface area contributed by atoms with Gasteiger partial charge in [0.05, 0.1) is 30.7 Å². The molecule has 1 saturated heterocycles. The largest absolute Gasteiger partial charge is 0.465 e. The molecule has 7 heteroatoms. The third-order valence-electron chi connectivity index (χ3n) is 5.96. The lowest BCUT2D eigenvalue weighted by Gasteiger charge is -2.13. The number of methoxy groups -OCH3 is 1. The van der Waals surface area contributed by atoms with Gasteiger partial charge >= 0.3 is 5.97 Å². The molecule has 2 fully saturated rings. The Morgan fingerprint density at radius 1 is 1.07 bits per heavy atom. The van der Waals surface area contributed by atoms with Gasteiger partial charge in [-0.3, -0.25) is 9.59 Å². The van der Waals surface area contributed by atoms with E-state index in [1.165, 1.54) is 13.3 Å². The summed E-state index contributed by atoms with van der Waals surface area (Å²) in [6.07, 6.45) is 6.38. The number of allylic oxidation sites excluding steroid dienone is 2. The minimum absolute atomic E-state index is 0.157. The van der Waals surface area contributed by atoms with Gasteiger partial charge in [-0.2, -0.15) is 10.1 Å². The van der Waals surface area contributed by atoms with Gasteiger partial charge in [-0.15, -0.1) is 0 Å². The predicted molar refractivity (Wildman–Crippen MR) is 103 cm³/mol. The minimum Gasteiger partial charge on any atom is -0.465 e. The van der Waals surface area contributed by atoms with Crippen molar-refractivity contribution in [2.24, 2.45) is 28.8 Å². The van der Waals surface area contributed by atoms with Gasteiger partial charge in [-0.25, -0.2) is 4.79 Å². The maximum atomic E-state index is 12.6. The second kappa shape index (κ2) is 6.55. The predicted octanol–water partition coefficient (Wildman–Crippen LogP) is 2.87. The minimum atomic E-state index is -0.405. The Morgan fingerprint density at radius 2 is 1.72 bits per heavy atom. The molecule has 4 atom stereocenters. The monoisotopic (exact) mass is 390 g/mol. The molecule has 2 amide bonds. The maximum absolute atomic E-state index is 12.6. The number of amides is 2. The number of carbonyl (C=O) groups is 3.